The van der Waals surface area contributed by atoms with E-state index in [0.29, 0.717) is 17.2 Å². The van der Waals surface area contributed by atoms with Gasteiger partial charge in [-0.25, -0.2) is 8.79 Å². The fourth-order valence-electron chi connectivity index (χ4n) is 1.08. The number of rotatable bonds is 4. The van der Waals surface area contributed by atoms with Gasteiger partial charge in [-0.1, -0.05) is 12.1 Å². The highest BCUT2D eigenvalue weighted by molar-refractivity contribution is 7.97. The summed E-state index contributed by atoms with van der Waals surface area (Å²) in [4.78, 5) is 0. The van der Waals surface area contributed by atoms with Crippen LogP contribution in [-0.4, -0.2) is 5.84 Å². The number of nitrogens with two attached hydrogens (primary N) is 2. The number of hydrogen-bond donors (Lipinski definition) is 2. The number of nitrogens with zero attached hydrogens (tertiary/aromatic N) is 1. The normalized spacial score (nSPS) is 11.8. The first-order valence-corrected chi connectivity index (χ1v) is 5.47. The molecule has 0 unspecified atom stereocenters. The second-order valence-corrected chi connectivity index (χ2v) is 3.87. The topological polar surface area (TPSA) is 64.4 Å². The lowest BCUT2D eigenvalue weighted by atomic mass is 10.1. The highest BCUT2D eigenvalue weighted by atomic mass is 32.2. The highest BCUT2D eigenvalue weighted by Gasteiger charge is 2.01. The van der Waals surface area contributed by atoms with Crippen LogP contribution in [0.15, 0.2) is 22.6 Å². The molecule has 15 heavy (non-hydrogen) atoms. The van der Waals surface area contributed by atoms with E-state index in [2.05, 4.69) is 4.40 Å². The van der Waals surface area contributed by atoms with Crippen LogP contribution in [0.25, 0.3) is 0 Å². The SMILES string of the molecule is C/C(N)=N/SCc1ccc(F)c(CN)c1. The Bertz CT molecular complexity index is 362. The van der Waals surface area contributed by atoms with Gasteiger partial charge in [-0.05, 0) is 30.5 Å². The van der Waals surface area contributed by atoms with Crippen LogP contribution in [0.4, 0.5) is 4.39 Å². The Morgan fingerprint density at radius 2 is 2.27 bits per heavy atom. The molecule has 4 N–H and O–H groups in total. The third-order valence-corrected chi connectivity index (χ3v) is 2.65. The molecule has 3 nitrogen and oxygen atoms in total. The van der Waals surface area contributed by atoms with Gasteiger partial charge < -0.3 is 11.5 Å². The highest BCUT2D eigenvalue weighted by Crippen LogP contribution is 2.16. The molecular formula is C10H14FN3S. The fraction of sp³-hybridized carbons (Fsp3) is 0.300. The minimum atomic E-state index is -0.259. The van der Waals surface area contributed by atoms with Gasteiger partial charge in [-0.2, -0.15) is 0 Å². The van der Waals surface area contributed by atoms with Gasteiger partial charge in [0.15, 0.2) is 0 Å². The van der Waals surface area contributed by atoms with E-state index in [1.165, 1.54) is 18.0 Å². The quantitative estimate of drug-likeness (QED) is 0.468. The van der Waals surface area contributed by atoms with Crippen molar-refractivity contribution in [2.75, 3.05) is 0 Å². The molecule has 0 aliphatic heterocycles. The Morgan fingerprint density at radius 3 is 2.87 bits per heavy atom. The van der Waals surface area contributed by atoms with E-state index in [0.717, 1.165) is 5.56 Å². The van der Waals surface area contributed by atoms with Crippen LogP contribution in [-0.2, 0) is 12.3 Å². The van der Waals surface area contributed by atoms with Crippen LogP contribution in [0.1, 0.15) is 18.1 Å². The van der Waals surface area contributed by atoms with Gasteiger partial charge in [-0.3, -0.25) is 0 Å². The minimum Gasteiger partial charge on any atom is -0.387 e. The van der Waals surface area contributed by atoms with E-state index in [9.17, 15) is 4.39 Å². The first-order valence-electron chi connectivity index (χ1n) is 4.53. The molecule has 0 heterocycles. The van der Waals surface area contributed by atoms with Gasteiger partial charge in [0.2, 0.25) is 0 Å². The third-order valence-electron chi connectivity index (χ3n) is 1.77. The standard InChI is InChI=1S/C10H14FN3S/c1-7(13)14-15-6-8-2-3-10(11)9(4-8)5-12/h2-4H,5-6,12H2,1H3,(H2,13,14). The third kappa shape index (κ3) is 3.89. The molecule has 0 aliphatic rings. The predicted molar refractivity (Wildman–Crippen MR) is 62.9 cm³/mol. The molecule has 0 aliphatic carbocycles. The van der Waals surface area contributed by atoms with E-state index >= 15 is 0 Å². The number of amidine groups is 1. The Labute approximate surface area is 92.9 Å². The van der Waals surface area contributed by atoms with Crippen LogP contribution >= 0.6 is 11.9 Å². The molecule has 0 atom stereocenters. The second-order valence-electron chi connectivity index (χ2n) is 3.14. The summed E-state index contributed by atoms with van der Waals surface area (Å²) in [6.07, 6.45) is 0. The average molecular weight is 227 g/mol. The molecule has 0 bridgehead atoms. The summed E-state index contributed by atoms with van der Waals surface area (Å²) in [6.45, 7) is 1.94. The van der Waals surface area contributed by atoms with Crippen LogP contribution in [0.5, 0.6) is 0 Å². The molecule has 1 aromatic carbocycles. The van der Waals surface area contributed by atoms with Gasteiger partial charge >= 0.3 is 0 Å². The van der Waals surface area contributed by atoms with Gasteiger partial charge in [0.1, 0.15) is 11.7 Å². The van der Waals surface area contributed by atoms with Crippen molar-refractivity contribution in [3.63, 3.8) is 0 Å². The van der Waals surface area contributed by atoms with Gasteiger partial charge in [0.05, 0.1) is 0 Å². The van der Waals surface area contributed by atoms with Crippen molar-refractivity contribution in [3.05, 3.63) is 35.1 Å². The van der Waals surface area contributed by atoms with Crippen LogP contribution in [0.2, 0.25) is 0 Å². The lowest BCUT2D eigenvalue weighted by molar-refractivity contribution is 0.610. The summed E-state index contributed by atoms with van der Waals surface area (Å²) in [5.41, 5.74) is 12.3. The zero-order valence-electron chi connectivity index (χ0n) is 8.53. The largest absolute Gasteiger partial charge is 0.387 e. The van der Waals surface area contributed by atoms with Crippen LogP contribution in [0, 0.1) is 5.82 Å². The summed E-state index contributed by atoms with van der Waals surface area (Å²) in [6, 6.07) is 4.91. The number of hydrogen-bond acceptors (Lipinski definition) is 3. The summed E-state index contributed by atoms with van der Waals surface area (Å²) in [5.74, 6) is 0.938. The zero-order chi connectivity index (χ0) is 11.3. The Balaban J connectivity index is 2.66. The minimum absolute atomic E-state index is 0.212. The smallest absolute Gasteiger partial charge is 0.127 e. The Hall–Kier alpha value is -1.07. The summed E-state index contributed by atoms with van der Waals surface area (Å²) >= 11 is 1.34. The van der Waals surface area contributed by atoms with E-state index in [1.807, 2.05) is 0 Å². The number of halogens is 1. The summed E-state index contributed by atoms with van der Waals surface area (Å²) < 4.78 is 17.1. The van der Waals surface area contributed by atoms with Gasteiger partial charge in [0, 0.05) is 17.9 Å². The predicted octanol–water partition coefficient (Wildman–Crippen LogP) is 1.81. The number of benzene rings is 1. The van der Waals surface area contributed by atoms with E-state index in [-0.39, 0.29) is 12.4 Å². The summed E-state index contributed by atoms with van der Waals surface area (Å²) in [7, 11) is 0. The first-order chi connectivity index (χ1) is 7.13. The molecule has 0 radical (unpaired) electrons. The molecule has 5 heteroatoms. The van der Waals surface area contributed by atoms with E-state index in [1.54, 1.807) is 19.1 Å². The van der Waals surface area contributed by atoms with Gasteiger partial charge in [-0.15, -0.1) is 0 Å². The fourth-order valence-corrected chi connectivity index (χ4v) is 1.68. The monoisotopic (exact) mass is 227 g/mol. The first kappa shape index (κ1) is 12.0. The zero-order valence-corrected chi connectivity index (χ0v) is 9.35. The molecular weight excluding hydrogens is 213 g/mol. The van der Waals surface area contributed by atoms with Crippen molar-refractivity contribution in [1.82, 2.24) is 0 Å². The second kappa shape index (κ2) is 5.72. The van der Waals surface area contributed by atoms with Crippen molar-refractivity contribution < 1.29 is 4.39 Å². The van der Waals surface area contributed by atoms with Crippen LogP contribution in [0.3, 0.4) is 0 Å². The lowest BCUT2D eigenvalue weighted by Crippen LogP contribution is -2.03. The maximum atomic E-state index is 13.1. The van der Waals surface area contributed by atoms with Gasteiger partial charge in [0.25, 0.3) is 0 Å². The van der Waals surface area contributed by atoms with Crippen molar-refractivity contribution in [2.24, 2.45) is 15.9 Å². The maximum absolute atomic E-state index is 13.1. The van der Waals surface area contributed by atoms with E-state index < -0.39 is 0 Å². The molecule has 0 aromatic heterocycles. The molecule has 0 saturated heterocycles. The molecule has 0 amide bonds. The molecule has 0 fully saturated rings. The Kier molecular flexibility index (Phi) is 4.58. The molecule has 0 saturated carbocycles. The van der Waals surface area contributed by atoms with E-state index in [4.69, 9.17) is 11.5 Å². The van der Waals surface area contributed by atoms with Crippen molar-refractivity contribution in [2.45, 2.75) is 19.2 Å². The van der Waals surface area contributed by atoms with Crippen molar-refractivity contribution in [1.29, 1.82) is 0 Å². The lowest BCUT2D eigenvalue weighted by Gasteiger charge is -2.03. The molecule has 1 rings (SSSR count). The molecule has 0 spiro atoms. The molecule has 1 aromatic rings. The van der Waals surface area contributed by atoms with Crippen molar-refractivity contribution >= 4 is 17.8 Å². The van der Waals surface area contributed by atoms with Crippen molar-refractivity contribution in [3.8, 4) is 0 Å². The Morgan fingerprint density at radius 1 is 1.53 bits per heavy atom. The summed E-state index contributed by atoms with van der Waals surface area (Å²) in [5, 5.41) is 0. The molecule has 82 valence electrons. The average Bonchev–Trinajstić information content (AvgIpc) is 2.20. The van der Waals surface area contributed by atoms with Crippen LogP contribution < -0.4 is 11.5 Å². The maximum Gasteiger partial charge on any atom is 0.127 e.